The van der Waals surface area contributed by atoms with Gasteiger partial charge in [0.2, 0.25) is 0 Å². The summed E-state index contributed by atoms with van der Waals surface area (Å²) in [5.74, 6) is 1.45. The van der Waals surface area contributed by atoms with Crippen molar-refractivity contribution in [2.45, 2.75) is 13.8 Å². The predicted octanol–water partition coefficient (Wildman–Crippen LogP) is 4.73. The van der Waals surface area contributed by atoms with Crippen LogP contribution < -0.4 is 15.1 Å². The second kappa shape index (κ2) is 6.85. The van der Waals surface area contributed by atoms with E-state index in [4.69, 9.17) is 13.9 Å². The lowest BCUT2D eigenvalue weighted by Crippen LogP contribution is -2.06. The van der Waals surface area contributed by atoms with Crippen LogP contribution in [-0.4, -0.2) is 13.7 Å². The van der Waals surface area contributed by atoms with Gasteiger partial charge < -0.3 is 13.9 Å². The predicted molar refractivity (Wildman–Crippen MR) is 99.5 cm³/mol. The van der Waals surface area contributed by atoms with Gasteiger partial charge in [-0.1, -0.05) is 18.7 Å². The second-order valence-corrected chi connectivity index (χ2v) is 6.02. The molecule has 0 radical (unpaired) electrons. The summed E-state index contributed by atoms with van der Waals surface area (Å²) in [6.45, 7) is 8.11. The fourth-order valence-electron chi connectivity index (χ4n) is 2.72. The number of ether oxygens (including phenoxy) is 2. The molecule has 0 unspecified atom stereocenters. The molecule has 0 spiro atoms. The minimum absolute atomic E-state index is 0.356. The molecule has 25 heavy (non-hydrogen) atoms. The highest BCUT2D eigenvalue weighted by Gasteiger charge is 2.14. The lowest BCUT2D eigenvalue weighted by atomic mass is 9.99. The molecule has 0 aliphatic carbocycles. The van der Waals surface area contributed by atoms with E-state index in [9.17, 15) is 4.79 Å². The zero-order chi connectivity index (χ0) is 18.0. The molecule has 0 aliphatic rings. The Morgan fingerprint density at radius 3 is 2.44 bits per heavy atom. The summed E-state index contributed by atoms with van der Waals surface area (Å²) in [5, 5.41) is 0.852. The average molecular weight is 336 g/mol. The average Bonchev–Trinajstić information content (AvgIpc) is 2.60. The van der Waals surface area contributed by atoms with Gasteiger partial charge in [0.25, 0.3) is 0 Å². The number of hydrogen-bond donors (Lipinski definition) is 0. The van der Waals surface area contributed by atoms with Crippen LogP contribution in [0, 0.1) is 6.92 Å². The monoisotopic (exact) mass is 336 g/mol. The molecule has 3 rings (SSSR count). The van der Waals surface area contributed by atoms with E-state index in [0.29, 0.717) is 23.5 Å². The molecule has 2 aromatic carbocycles. The number of hydrogen-bond acceptors (Lipinski definition) is 4. The first-order valence-corrected chi connectivity index (χ1v) is 7.98. The molecule has 1 heterocycles. The number of methoxy groups -OCH3 is 1. The normalized spacial score (nSPS) is 10.7. The van der Waals surface area contributed by atoms with Crippen molar-refractivity contribution in [3.8, 4) is 22.6 Å². The Morgan fingerprint density at radius 1 is 1.12 bits per heavy atom. The second-order valence-electron chi connectivity index (χ2n) is 6.02. The minimum atomic E-state index is -0.356. The molecule has 4 nitrogen and oxygen atoms in total. The van der Waals surface area contributed by atoms with Gasteiger partial charge >= 0.3 is 5.63 Å². The third-order valence-corrected chi connectivity index (χ3v) is 4.00. The third kappa shape index (κ3) is 3.43. The molecule has 0 bridgehead atoms. The Balaban J connectivity index is 2.11. The molecule has 0 fully saturated rings. The first kappa shape index (κ1) is 16.8. The Morgan fingerprint density at radius 2 is 1.80 bits per heavy atom. The van der Waals surface area contributed by atoms with Crippen LogP contribution in [0.25, 0.3) is 22.1 Å². The molecule has 0 aliphatic heterocycles. The number of aryl methyl sites for hydroxylation is 1. The molecule has 0 atom stereocenters. The van der Waals surface area contributed by atoms with Gasteiger partial charge in [0.05, 0.1) is 12.7 Å². The summed E-state index contributed by atoms with van der Waals surface area (Å²) in [6.07, 6.45) is 0. The topological polar surface area (TPSA) is 48.7 Å². The van der Waals surface area contributed by atoms with Crippen LogP contribution in [0.4, 0.5) is 0 Å². The van der Waals surface area contributed by atoms with E-state index >= 15 is 0 Å². The standard InChI is InChI=1S/C21H20O4/c1-13(2)12-24-17-9-10-19-18(11-17)14(3)20(21(22)25-19)15-5-7-16(23-4)8-6-15/h5-11H,1,12H2,2-4H3. The van der Waals surface area contributed by atoms with Crippen molar-refractivity contribution >= 4 is 11.0 Å². The van der Waals surface area contributed by atoms with Crippen LogP contribution in [0.2, 0.25) is 0 Å². The molecule has 4 heteroatoms. The van der Waals surface area contributed by atoms with Gasteiger partial charge in [-0.15, -0.1) is 0 Å². The van der Waals surface area contributed by atoms with E-state index in [1.165, 1.54) is 0 Å². The van der Waals surface area contributed by atoms with E-state index in [1.807, 2.05) is 44.2 Å². The molecule has 0 saturated carbocycles. The van der Waals surface area contributed by atoms with E-state index < -0.39 is 0 Å². The highest BCUT2D eigenvalue weighted by Crippen LogP contribution is 2.30. The van der Waals surface area contributed by atoms with E-state index in [2.05, 4.69) is 6.58 Å². The van der Waals surface area contributed by atoms with Gasteiger partial charge in [-0.25, -0.2) is 4.79 Å². The summed E-state index contributed by atoms with van der Waals surface area (Å²) in [4.78, 5) is 12.5. The Labute approximate surface area is 146 Å². The fourth-order valence-corrected chi connectivity index (χ4v) is 2.72. The molecule has 3 aromatic rings. The molecule has 1 aromatic heterocycles. The maximum atomic E-state index is 12.5. The lowest BCUT2D eigenvalue weighted by Gasteiger charge is -2.11. The smallest absolute Gasteiger partial charge is 0.344 e. The van der Waals surface area contributed by atoms with E-state index in [-0.39, 0.29) is 5.63 Å². The Bertz CT molecular complexity index is 981. The minimum Gasteiger partial charge on any atom is -0.497 e. The van der Waals surface area contributed by atoms with Crippen molar-refractivity contribution in [1.82, 2.24) is 0 Å². The van der Waals surface area contributed by atoms with Gasteiger partial charge in [0.1, 0.15) is 23.7 Å². The quantitative estimate of drug-likeness (QED) is 0.499. The SMILES string of the molecule is C=C(C)COc1ccc2oc(=O)c(-c3ccc(OC)cc3)c(C)c2c1. The van der Waals surface area contributed by atoms with Crippen LogP contribution in [0.15, 0.2) is 63.8 Å². The van der Waals surface area contributed by atoms with Crippen LogP contribution in [0.3, 0.4) is 0 Å². The summed E-state index contributed by atoms with van der Waals surface area (Å²) in [6, 6.07) is 12.8. The van der Waals surface area contributed by atoms with Gasteiger partial charge in [0, 0.05) is 5.39 Å². The van der Waals surface area contributed by atoms with Crippen LogP contribution in [0.1, 0.15) is 12.5 Å². The van der Waals surface area contributed by atoms with Gasteiger partial charge in [0.15, 0.2) is 0 Å². The largest absolute Gasteiger partial charge is 0.497 e. The summed E-state index contributed by atoms with van der Waals surface area (Å²) in [5.41, 5.74) is 3.33. The van der Waals surface area contributed by atoms with Crippen LogP contribution >= 0.6 is 0 Å². The summed E-state index contributed by atoms with van der Waals surface area (Å²) >= 11 is 0. The lowest BCUT2D eigenvalue weighted by molar-refractivity contribution is 0.353. The summed E-state index contributed by atoms with van der Waals surface area (Å²) < 4.78 is 16.4. The third-order valence-electron chi connectivity index (χ3n) is 4.00. The van der Waals surface area contributed by atoms with Gasteiger partial charge in [-0.2, -0.15) is 0 Å². The Kier molecular flexibility index (Phi) is 4.61. The highest BCUT2D eigenvalue weighted by molar-refractivity contribution is 5.87. The van der Waals surface area contributed by atoms with E-state index in [0.717, 1.165) is 27.8 Å². The highest BCUT2D eigenvalue weighted by atomic mass is 16.5. The number of fused-ring (bicyclic) bond motifs is 1. The van der Waals surface area contributed by atoms with E-state index in [1.54, 1.807) is 19.2 Å². The van der Waals surface area contributed by atoms with Crippen molar-refractivity contribution in [3.05, 3.63) is 70.6 Å². The molecular weight excluding hydrogens is 316 g/mol. The maximum absolute atomic E-state index is 12.5. The number of rotatable bonds is 5. The van der Waals surface area contributed by atoms with Crippen molar-refractivity contribution in [2.24, 2.45) is 0 Å². The zero-order valence-electron chi connectivity index (χ0n) is 14.6. The molecule has 0 amide bonds. The molecular formula is C21H20O4. The number of benzene rings is 2. The Hall–Kier alpha value is -3.01. The zero-order valence-corrected chi connectivity index (χ0v) is 14.6. The maximum Gasteiger partial charge on any atom is 0.344 e. The van der Waals surface area contributed by atoms with Crippen molar-refractivity contribution in [2.75, 3.05) is 13.7 Å². The van der Waals surface area contributed by atoms with Gasteiger partial charge in [-0.05, 0) is 60.9 Å². The van der Waals surface area contributed by atoms with Crippen molar-refractivity contribution < 1.29 is 13.9 Å². The summed E-state index contributed by atoms with van der Waals surface area (Å²) in [7, 11) is 1.61. The van der Waals surface area contributed by atoms with Crippen molar-refractivity contribution in [3.63, 3.8) is 0 Å². The fraction of sp³-hybridized carbons (Fsp3) is 0.190. The van der Waals surface area contributed by atoms with Crippen LogP contribution in [0.5, 0.6) is 11.5 Å². The molecule has 0 saturated heterocycles. The first-order valence-electron chi connectivity index (χ1n) is 7.98. The van der Waals surface area contributed by atoms with Gasteiger partial charge in [-0.3, -0.25) is 0 Å². The van der Waals surface area contributed by atoms with Crippen molar-refractivity contribution in [1.29, 1.82) is 0 Å². The van der Waals surface area contributed by atoms with Crippen LogP contribution in [-0.2, 0) is 0 Å². The first-order chi connectivity index (χ1) is 12.0. The molecule has 128 valence electrons. The molecule has 0 N–H and O–H groups in total.